The van der Waals surface area contributed by atoms with E-state index < -0.39 is 5.91 Å². The van der Waals surface area contributed by atoms with E-state index in [2.05, 4.69) is 20.4 Å². The lowest BCUT2D eigenvalue weighted by molar-refractivity contribution is 0.1000. The van der Waals surface area contributed by atoms with Crippen molar-refractivity contribution in [3.8, 4) is 17.1 Å². The lowest BCUT2D eigenvalue weighted by Crippen LogP contribution is -2.14. The first-order valence-corrected chi connectivity index (χ1v) is 9.35. The van der Waals surface area contributed by atoms with Gasteiger partial charge in [-0.05, 0) is 12.1 Å². The van der Waals surface area contributed by atoms with Crippen molar-refractivity contribution in [2.75, 3.05) is 5.32 Å². The first kappa shape index (κ1) is 17.7. The summed E-state index contributed by atoms with van der Waals surface area (Å²) in [4.78, 5) is 32.6. The molecule has 0 saturated carbocycles. The van der Waals surface area contributed by atoms with Crippen LogP contribution in [0.3, 0.4) is 0 Å². The van der Waals surface area contributed by atoms with Gasteiger partial charge in [0.15, 0.2) is 16.7 Å². The van der Waals surface area contributed by atoms with Gasteiger partial charge >= 0.3 is 0 Å². The molecule has 28 heavy (non-hydrogen) atoms. The summed E-state index contributed by atoms with van der Waals surface area (Å²) in [7, 11) is 0. The van der Waals surface area contributed by atoms with E-state index in [9.17, 15) is 9.59 Å². The molecule has 2 aromatic heterocycles. The predicted octanol–water partition coefficient (Wildman–Crippen LogP) is 3.85. The molecule has 0 fully saturated rings. The Morgan fingerprint density at radius 2 is 1.64 bits per heavy atom. The molecule has 4 rings (SSSR count). The summed E-state index contributed by atoms with van der Waals surface area (Å²) >= 11 is 1.18. The zero-order valence-electron chi connectivity index (χ0n) is 14.9. The predicted molar refractivity (Wildman–Crippen MR) is 107 cm³/mol. The molecule has 0 radical (unpaired) electrons. The van der Waals surface area contributed by atoms with Crippen LogP contribution in [0.25, 0.3) is 17.1 Å². The van der Waals surface area contributed by atoms with E-state index >= 15 is 0 Å². The Bertz CT molecular complexity index is 1080. The minimum absolute atomic E-state index is 0.0160. The summed E-state index contributed by atoms with van der Waals surface area (Å²) in [6.07, 6.45) is 0. The molecule has 2 aromatic carbocycles. The summed E-state index contributed by atoms with van der Waals surface area (Å²) < 4.78 is 1.63. The third kappa shape index (κ3) is 3.58. The van der Waals surface area contributed by atoms with Crippen LogP contribution in [0, 0.1) is 0 Å². The zero-order valence-corrected chi connectivity index (χ0v) is 15.7. The smallest absolute Gasteiger partial charge is 0.295 e. The molecule has 0 atom stereocenters. The molecule has 0 aliphatic carbocycles. The average Bonchev–Trinajstić information content (AvgIpc) is 3.37. The maximum atomic E-state index is 12.7. The number of nitrogens with zero attached hydrogens (tertiary/aromatic N) is 4. The molecule has 4 aromatic rings. The lowest BCUT2D eigenvalue weighted by atomic mass is 10.2. The highest BCUT2D eigenvalue weighted by molar-refractivity contribution is 7.14. The number of hydrogen-bond acceptors (Lipinski definition) is 6. The highest BCUT2D eigenvalue weighted by atomic mass is 32.1. The fourth-order valence-corrected chi connectivity index (χ4v) is 3.32. The zero-order chi connectivity index (χ0) is 19.5. The lowest BCUT2D eigenvalue weighted by Gasteiger charge is -2.05. The van der Waals surface area contributed by atoms with Crippen molar-refractivity contribution in [1.82, 2.24) is 19.7 Å². The summed E-state index contributed by atoms with van der Waals surface area (Å²) in [5, 5.41) is 8.98. The van der Waals surface area contributed by atoms with Gasteiger partial charge in [0.1, 0.15) is 5.69 Å². The highest BCUT2D eigenvalue weighted by Crippen LogP contribution is 2.22. The van der Waals surface area contributed by atoms with Gasteiger partial charge in [-0.3, -0.25) is 14.9 Å². The fourth-order valence-electron chi connectivity index (χ4n) is 2.58. The summed E-state index contributed by atoms with van der Waals surface area (Å²) in [6.45, 7) is 1.43. The van der Waals surface area contributed by atoms with Crippen molar-refractivity contribution in [2.45, 2.75) is 6.92 Å². The molecule has 1 amide bonds. The summed E-state index contributed by atoms with van der Waals surface area (Å²) in [6, 6.07) is 19.0. The van der Waals surface area contributed by atoms with Gasteiger partial charge in [-0.1, -0.05) is 48.5 Å². The monoisotopic (exact) mass is 389 g/mol. The number of thiazole rings is 1. The first-order valence-electron chi connectivity index (χ1n) is 8.47. The molecule has 0 bridgehead atoms. The Balaban J connectivity index is 1.70. The molecule has 0 unspecified atom stereocenters. The average molecular weight is 389 g/mol. The Hall–Kier alpha value is -3.65. The van der Waals surface area contributed by atoms with Crippen LogP contribution in [0.4, 0.5) is 5.13 Å². The number of carbonyl (C=O) groups excluding carboxylic acids is 2. The van der Waals surface area contributed by atoms with E-state index in [4.69, 9.17) is 0 Å². The number of carbonyl (C=O) groups is 2. The topological polar surface area (TPSA) is 89.8 Å². The summed E-state index contributed by atoms with van der Waals surface area (Å²) in [5.74, 6) is -0.0753. The molecule has 0 aliphatic rings. The van der Waals surface area contributed by atoms with E-state index in [0.717, 1.165) is 11.3 Å². The number of rotatable bonds is 5. The Morgan fingerprint density at radius 3 is 2.29 bits per heavy atom. The number of para-hydroxylation sites is 1. The standard InChI is InChI=1S/C20H15N5O2S/c1-13(26)16-12-28-20(21-16)23-19(27)17-22-18(14-8-4-2-5-9-14)25(24-17)15-10-6-3-7-11-15/h2-12H,1H3,(H,21,23,27). The maximum Gasteiger partial charge on any atom is 0.297 e. The van der Waals surface area contributed by atoms with Crippen LogP contribution in [0.5, 0.6) is 0 Å². The third-order valence-corrected chi connectivity index (χ3v) is 4.69. The number of aromatic nitrogens is 4. The van der Waals surface area contributed by atoms with E-state index in [-0.39, 0.29) is 11.6 Å². The Labute approximate surface area is 164 Å². The van der Waals surface area contributed by atoms with Crippen molar-refractivity contribution in [1.29, 1.82) is 0 Å². The molecule has 0 saturated heterocycles. The van der Waals surface area contributed by atoms with E-state index in [1.807, 2.05) is 60.7 Å². The number of Topliss-reactive ketones (excluding diaryl/α,β-unsaturated/α-hetero) is 1. The van der Waals surface area contributed by atoms with Gasteiger partial charge < -0.3 is 0 Å². The fraction of sp³-hybridized carbons (Fsp3) is 0.0500. The molecule has 0 aliphatic heterocycles. The molecular weight excluding hydrogens is 374 g/mol. The van der Waals surface area contributed by atoms with Crippen LogP contribution in [0.1, 0.15) is 28.0 Å². The van der Waals surface area contributed by atoms with Gasteiger partial charge in [0.2, 0.25) is 5.82 Å². The molecule has 0 spiro atoms. The SMILES string of the molecule is CC(=O)c1csc(NC(=O)c2nc(-c3ccccc3)n(-c3ccccc3)n2)n1. The second-order valence-corrected chi connectivity index (χ2v) is 6.78. The van der Waals surface area contributed by atoms with Crippen LogP contribution in [0.15, 0.2) is 66.0 Å². The van der Waals surface area contributed by atoms with Gasteiger partial charge in [-0.15, -0.1) is 16.4 Å². The molecule has 2 heterocycles. The molecule has 8 heteroatoms. The van der Waals surface area contributed by atoms with Gasteiger partial charge in [0.25, 0.3) is 5.91 Å². The van der Waals surface area contributed by atoms with E-state index in [1.165, 1.54) is 18.3 Å². The number of ketones is 1. The summed E-state index contributed by atoms with van der Waals surface area (Å²) in [5.41, 5.74) is 1.94. The van der Waals surface area contributed by atoms with Crippen molar-refractivity contribution < 1.29 is 9.59 Å². The Morgan fingerprint density at radius 1 is 0.964 bits per heavy atom. The molecule has 1 N–H and O–H groups in total. The van der Waals surface area contributed by atoms with Crippen LogP contribution < -0.4 is 5.32 Å². The second-order valence-electron chi connectivity index (χ2n) is 5.92. The minimum Gasteiger partial charge on any atom is -0.295 e. The van der Waals surface area contributed by atoms with Gasteiger partial charge in [0, 0.05) is 17.9 Å². The van der Waals surface area contributed by atoms with E-state index in [1.54, 1.807) is 10.1 Å². The number of anilines is 1. The van der Waals surface area contributed by atoms with Crippen LogP contribution in [-0.2, 0) is 0 Å². The van der Waals surface area contributed by atoms with Crippen molar-refractivity contribution in [2.24, 2.45) is 0 Å². The maximum absolute atomic E-state index is 12.7. The first-order chi connectivity index (χ1) is 13.6. The number of nitrogens with one attached hydrogen (secondary N) is 1. The third-order valence-electron chi connectivity index (χ3n) is 3.93. The van der Waals surface area contributed by atoms with Crippen LogP contribution in [-0.4, -0.2) is 31.4 Å². The molecule has 138 valence electrons. The van der Waals surface area contributed by atoms with Crippen LogP contribution >= 0.6 is 11.3 Å². The largest absolute Gasteiger partial charge is 0.297 e. The van der Waals surface area contributed by atoms with Gasteiger partial charge in [0.05, 0.1) is 5.69 Å². The Kier molecular flexibility index (Phi) is 4.77. The second kappa shape index (κ2) is 7.53. The number of benzene rings is 2. The number of hydrogen-bond donors (Lipinski definition) is 1. The van der Waals surface area contributed by atoms with Crippen molar-refractivity contribution >= 4 is 28.2 Å². The minimum atomic E-state index is -0.490. The molecular formula is C20H15N5O2S. The van der Waals surface area contributed by atoms with Crippen molar-refractivity contribution in [3.63, 3.8) is 0 Å². The normalized spacial score (nSPS) is 10.6. The molecule has 7 nitrogen and oxygen atoms in total. The van der Waals surface area contributed by atoms with Gasteiger partial charge in [-0.2, -0.15) is 0 Å². The van der Waals surface area contributed by atoms with E-state index in [0.29, 0.717) is 16.6 Å². The number of amides is 1. The van der Waals surface area contributed by atoms with Gasteiger partial charge in [-0.25, -0.2) is 14.6 Å². The quantitative estimate of drug-likeness (QED) is 0.524. The highest BCUT2D eigenvalue weighted by Gasteiger charge is 2.20. The van der Waals surface area contributed by atoms with Crippen LogP contribution in [0.2, 0.25) is 0 Å². The van der Waals surface area contributed by atoms with Crippen molar-refractivity contribution in [3.05, 3.63) is 77.6 Å².